The Morgan fingerprint density at radius 2 is 0.500 bits per heavy atom. The summed E-state index contributed by atoms with van der Waals surface area (Å²) in [6.45, 7) is 0. The van der Waals surface area contributed by atoms with Crippen LogP contribution >= 0.6 is 0 Å². The maximum absolute atomic E-state index is 8.52. The molecule has 0 radical (unpaired) electrons. The van der Waals surface area contributed by atoms with Crippen LogP contribution in [0.2, 0.25) is 0 Å². The van der Waals surface area contributed by atoms with Gasteiger partial charge in [-0.05, 0) is 0 Å². The molecule has 26 heteroatoms. The van der Waals surface area contributed by atoms with E-state index in [-0.39, 0.29) is 207 Å². The molecule has 0 aliphatic rings. The van der Waals surface area contributed by atoms with Crippen LogP contribution in [0.4, 0.5) is 0 Å². The van der Waals surface area contributed by atoms with E-state index in [1.165, 1.54) is 0 Å². The van der Waals surface area contributed by atoms with Crippen LogP contribution in [0.25, 0.3) is 0 Å². The Bertz CT molecular complexity index is 380. The number of halogens is 2. The van der Waals surface area contributed by atoms with E-state index in [9.17, 15) is 0 Å². The van der Waals surface area contributed by atoms with Crippen molar-refractivity contribution in [3.05, 3.63) is 30.6 Å². The first kappa shape index (κ1) is 77.4. The first-order chi connectivity index (χ1) is 7.46. The van der Waals surface area contributed by atoms with Gasteiger partial charge in [-0.15, -0.1) is 0 Å². The van der Waals surface area contributed by atoms with Crippen LogP contribution < -0.4 is 24.8 Å². The summed E-state index contributed by atoms with van der Waals surface area (Å²) in [5, 5.41) is 29.5. The van der Waals surface area contributed by atoms with Crippen molar-refractivity contribution in [2.45, 2.75) is 0 Å². The number of nitrogens with zero attached hydrogens (tertiary/aromatic N) is 2. The number of rotatable bonds is 0. The molecule has 0 rings (SSSR count). The van der Waals surface area contributed by atoms with E-state index in [1.807, 2.05) is 0 Å². The molecular weight excluding hydrogens is 580 g/mol. The zero-order valence-corrected chi connectivity index (χ0v) is 26.4. The third kappa shape index (κ3) is 967. The molecule has 0 aromatic rings. The van der Waals surface area contributed by atoms with Gasteiger partial charge in [0.15, 0.2) is 0 Å². The average Bonchev–Trinajstić information content (AvgIpc) is 1.70. The van der Waals surface area contributed by atoms with Gasteiger partial charge in [-0.2, -0.15) is 0 Å². The molecule has 0 amide bonds. The van der Waals surface area contributed by atoms with E-state index in [0.717, 1.165) is 0 Å². The molecule has 0 N–H and O–H groups in total. The first-order valence-corrected chi connectivity index (χ1v) is 5.10. The van der Waals surface area contributed by atoms with Crippen molar-refractivity contribution in [1.29, 1.82) is 0 Å². The fourth-order valence-corrected chi connectivity index (χ4v) is 0. The van der Waals surface area contributed by atoms with Crippen molar-refractivity contribution in [1.82, 2.24) is 0 Å². The van der Waals surface area contributed by atoms with Crippen molar-refractivity contribution in [3.8, 4) is 0 Å². The van der Waals surface area contributed by atoms with Gasteiger partial charge in [0.2, 0.25) is 0 Å². The van der Waals surface area contributed by atoms with Gasteiger partial charge < -0.3 is 73.7 Å². The third-order valence-corrected chi connectivity index (χ3v) is 0. The average molecular weight is 580 g/mol. The monoisotopic (exact) mass is 578 g/mol. The van der Waals surface area contributed by atoms with Crippen molar-refractivity contribution in [3.63, 3.8) is 0 Å². The Labute approximate surface area is 297 Å². The Morgan fingerprint density at radius 3 is 0.500 bits per heavy atom. The molecule has 26 heavy (non-hydrogen) atoms. The van der Waals surface area contributed by atoms with E-state index in [4.69, 9.17) is 65.7 Å². The Morgan fingerprint density at radius 1 is 0.500 bits per heavy atom. The molecule has 0 unspecified atom stereocenters. The SMILES string of the molecule is O=S(=O)([O-])[O-].O=S(=O)([O-])[O-].O=[N+]([O-])[O-].O=[N+]([O-])[O-].[Ca+2].[Ca+2].[Ca+2].[Cl-].[Cl-].[Mg+2].[Mg+2].[Mg+2]. The molecule has 0 aliphatic carbocycles. The van der Waals surface area contributed by atoms with Gasteiger partial charge in [-0.3, -0.25) is 16.8 Å². The second-order valence-corrected chi connectivity index (χ2v) is 2.90. The number of hydrogen-bond donors (Lipinski definition) is 0. The Kier molecular flexibility index (Phi) is 142. The normalized spacial score (nSPS) is 6.31. The van der Waals surface area contributed by atoms with E-state index in [1.54, 1.807) is 0 Å². The van der Waals surface area contributed by atoms with E-state index >= 15 is 0 Å². The van der Waals surface area contributed by atoms with Gasteiger partial charge in [-0.1, -0.05) is 0 Å². The molecule has 16 nitrogen and oxygen atoms in total. The molecular formula is Ca3Cl2Mg3N2O14S2+4. The maximum Gasteiger partial charge on any atom is 2.00 e. The fourth-order valence-electron chi connectivity index (χ4n) is 0. The Hall–Kier alpha value is 4.80. The second kappa shape index (κ2) is 47.5. The maximum atomic E-state index is 8.52. The molecule has 0 aromatic carbocycles. The van der Waals surface area contributed by atoms with Crippen LogP contribution in [0.15, 0.2) is 0 Å². The molecule has 0 aromatic heterocycles. The first-order valence-electron chi connectivity index (χ1n) is 2.43. The minimum atomic E-state index is -5.17. The van der Waals surface area contributed by atoms with Gasteiger partial charge in [0.25, 0.3) is 0 Å². The van der Waals surface area contributed by atoms with E-state index < -0.39 is 31.0 Å². The van der Waals surface area contributed by atoms with Gasteiger partial charge in [0.1, 0.15) is 0 Å². The van der Waals surface area contributed by atoms with Crippen molar-refractivity contribution in [2.75, 3.05) is 0 Å². The van der Waals surface area contributed by atoms with Crippen LogP contribution in [-0.2, 0) is 20.8 Å². The fraction of sp³-hybridized carbons (Fsp3) is 0. The smallest absolute Gasteiger partial charge is 1.00 e. The number of hydrogen-bond acceptors (Lipinski definition) is 14. The minimum absolute atomic E-state index is 0. The predicted molar refractivity (Wildman–Crippen MR) is 76.2 cm³/mol. The summed E-state index contributed by atoms with van der Waals surface area (Å²) in [6, 6.07) is 0. The van der Waals surface area contributed by atoms with E-state index in [2.05, 4.69) is 0 Å². The van der Waals surface area contributed by atoms with Crippen LogP contribution in [0, 0.1) is 30.6 Å². The topological polar surface area (TPSA) is 293 Å². The Balaban J connectivity index is -0.00000000915. The molecule has 0 heterocycles. The largest absolute Gasteiger partial charge is 2.00 e. The van der Waals surface area contributed by atoms with Crippen molar-refractivity contribution >= 4 is 203 Å². The summed E-state index contributed by atoms with van der Waals surface area (Å²) in [4.78, 5) is 16.5. The van der Waals surface area contributed by atoms with Gasteiger partial charge in [0, 0.05) is 20.8 Å². The molecule has 0 spiro atoms. The van der Waals surface area contributed by atoms with Gasteiger partial charge in [-0.25, -0.2) is 0 Å². The summed E-state index contributed by atoms with van der Waals surface area (Å²) in [5.41, 5.74) is 0. The van der Waals surface area contributed by atoms with Crippen LogP contribution in [0.5, 0.6) is 0 Å². The molecule has 0 saturated carbocycles. The second-order valence-electron chi connectivity index (χ2n) is 1.26. The van der Waals surface area contributed by atoms with Crippen molar-refractivity contribution < 1.29 is 70.0 Å². The van der Waals surface area contributed by atoms with Crippen LogP contribution in [0.3, 0.4) is 0 Å². The predicted octanol–water partition coefficient (Wildman–Crippen LogP) is -11.4. The molecule has 0 atom stereocenters. The summed E-state index contributed by atoms with van der Waals surface area (Å²) in [7, 11) is -10.3. The van der Waals surface area contributed by atoms with Crippen LogP contribution in [-0.4, -0.2) is 228 Å². The minimum Gasteiger partial charge on any atom is -1.00 e. The summed E-state index contributed by atoms with van der Waals surface area (Å²) >= 11 is 0. The van der Waals surface area contributed by atoms with Crippen molar-refractivity contribution in [2.24, 2.45) is 0 Å². The standard InChI is InChI=1S/3Ca.2ClH.3Mg.2NO3.2H2O4S/c;;;;;;;;2*2-1(3)4;2*1-5(2,3)4/h;;;2*1H;;;;;;2*(H2,1,2,3,4)/q3*+2;;;3*+2;2*-1;;/p-6. The van der Waals surface area contributed by atoms with Gasteiger partial charge in [0.05, 0.1) is 10.2 Å². The zero-order chi connectivity index (χ0) is 16.2. The molecule has 0 aliphatic heterocycles. The van der Waals surface area contributed by atoms with Gasteiger partial charge >= 0.3 is 182 Å². The summed E-state index contributed by atoms with van der Waals surface area (Å²) in [5.74, 6) is 0. The quantitative estimate of drug-likeness (QED) is 0.0845. The summed E-state index contributed by atoms with van der Waals surface area (Å²) < 4.78 is 68.2. The molecule has 128 valence electrons. The molecule has 0 fully saturated rings. The summed E-state index contributed by atoms with van der Waals surface area (Å²) in [6.07, 6.45) is 0. The third-order valence-electron chi connectivity index (χ3n) is 0. The molecule has 0 bridgehead atoms. The molecule has 0 saturated heterocycles. The van der Waals surface area contributed by atoms with E-state index in [0.29, 0.717) is 0 Å². The zero-order valence-electron chi connectivity index (χ0n) is 12.4. The van der Waals surface area contributed by atoms with Crippen LogP contribution in [0.1, 0.15) is 0 Å².